The summed E-state index contributed by atoms with van der Waals surface area (Å²) in [7, 11) is 0. The van der Waals surface area contributed by atoms with E-state index in [0.717, 1.165) is 5.56 Å². The Morgan fingerprint density at radius 3 is 2.50 bits per heavy atom. The number of hydrogen-bond acceptors (Lipinski definition) is 4. The largest absolute Gasteiger partial charge is 0.480 e. The minimum atomic E-state index is -0.848. The summed E-state index contributed by atoms with van der Waals surface area (Å²) in [6, 6.07) is 25.0. The first-order chi connectivity index (χ1) is 14.6. The summed E-state index contributed by atoms with van der Waals surface area (Å²) in [5, 5.41) is 14.6. The lowest BCUT2D eigenvalue weighted by molar-refractivity contribution is -0.122. The highest BCUT2D eigenvalue weighted by atomic mass is 16.5. The van der Waals surface area contributed by atoms with E-state index in [9.17, 15) is 9.59 Å². The van der Waals surface area contributed by atoms with E-state index in [4.69, 9.17) is 10.00 Å². The first-order valence-electron chi connectivity index (χ1n) is 9.45. The second kappa shape index (κ2) is 9.89. The molecule has 6 heteroatoms. The minimum Gasteiger partial charge on any atom is -0.480 e. The number of amides is 2. The second-order valence-electron chi connectivity index (χ2n) is 6.61. The third-order valence-electron chi connectivity index (χ3n) is 4.36. The third-order valence-corrected chi connectivity index (χ3v) is 4.36. The Kier molecular flexibility index (Phi) is 6.80. The highest BCUT2D eigenvalue weighted by Gasteiger charge is 2.19. The van der Waals surface area contributed by atoms with E-state index >= 15 is 0 Å². The van der Waals surface area contributed by atoms with Gasteiger partial charge in [0.25, 0.3) is 11.8 Å². The van der Waals surface area contributed by atoms with Crippen LogP contribution in [0.2, 0.25) is 0 Å². The number of benzene rings is 3. The molecule has 1 atom stereocenters. The molecule has 2 amide bonds. The first-order valence-corrected chi connectivity index (χ1v) is 9.45. The number of hydrogen-bond donors (Lipinski definition) is 2. The number of rotatable bonds is 7. The van der Waals surface area contributed by atoms with Crippen molar-refractivity contribution in [1.29, 1.82) is 5.26 Å². The van der Waals surface area contributed by atoms with Crippen LogP contribution in [0.4, 0.5) is 5.69 Å². The van der Waals surface area contributed by atoms with Gasteiger partial charge in [-0.25, -0.2) is 0 Å². The predicted octanol–water partition coefficient (Wildman–Crippen LogP) is 3.89. The van der Waals surface area contributed by atoms with Gasteiger partial charge in [0.05, 0.1) is 17.2 Å². The van der Waals surface area contributed by atoms with E-state index in [1.807, 2.05) is 36.4 Å². The Morgan fingerprint density at radius 2 is 1.73 bits per heavy atom. The standard InChI is InChI=1S/C24H21N3O3/c1-17(23(28)27-20-11-7-10-19(14-20)15-25)30-22-13-6-5-12-21(22)24(29)26-16-18-8-3-2-4-9-18/h2-14,17H,16H2,1H3,(H,26,29)(H,27,28)/t17-/m1/s1. The van der Waals surface area contributed by atoms with Crippen molar-refractivity contribution in [3.05, 3.63) is 95.6 Å². The molecule has 0 heterocycles. The summed E-state index contributed by atoms with van der Waals surface area (Å²) in [5.74, 6) is -0.357. The molecular weight excluding hydrogens is 378 g/mol. The van der Waals surface area contributed by atoms with Crippen LogP contribution in [0, 0.1) is 11.3 Å². The fraction of sp³-hybridized carbons (Fsp3) is 0.125. The summed E-state index contributed by atoms with van der Waals surface area (Å²) in [6.07, 6.45) is -0.848. The number of nitrogens with zero attached hydrogens (tertiary/aromatic N) is 1. The fourth-order valence-corrected chi connectivity index (χ4v) is 2.78. The predicted molar refractivity (Wildman–Crippen MR) is 114 cm³/mol. The van der Waals surface area contributed by atoms with E-state index in [0.29, 0.717) is 29.1 Å². The van der Waals surface area contributed by atoms with Crippen LogP contribution >= 0.6 is 0 Å². The Bertz CT molecular complexity index is 1070. The quantitative estimate of drug-likeness (QED) is 0.630. The molecule has 6 nitrogen and oxygen atoms in total. The molecule has 0 aliphatic carbocycles. The average molecular weight is 399 g/mol. The number of carbonyl (C=O) groups is 2. The van der Waals surface area contributed by atoms with Gasteiger partial charge in [-0.1, -0.05) is 48.5 Å². The SMILES string of the molecule is C[C@@H](Oc1ccccc1C(=O)NCc1ccccc1)C(=O)Nc1cccc(C#N)c1. The number of nitriles is 1. The maximum Gasteiger partial charge on any atom is 0.265 e. The zero-order chi connectivity index (χ0) is 21.3. The van der Waals surface area contributed by atoms with Gasteiger partial charge in [0.1, 0.15) is 5.75 Å². The molecule has 3 aromatic carbocycles. The molecule has 0 unspecified atom stereocenters. The number of carbonyl (C=O) groups excluding carboxylic acids is 2. The Hall–Kier alpha value is -4.11. The number of anilines is 1. The summed E-state index contributed by atoms with van der Waals surface area (Å²) >= 11 is 0. The molecule has 0 saturated heterocycles. The van der Waals surface area contributed by atoms with Gasteiger partial charge >= 0.3 is 0 Å². The van der Waals surface area contributed by atoms with Gasteiger partial charge in [-0.2, -0.15) is 5.26 Å². The number of nitrogens with one attached hydrogen (secondary N) is 2. The molecule has 0 spiro atoms. The van der Waals surface area contributed by atoms with E-state index < -0.39 is 6.10 Å². The molecular formula is C24H21N3O3. The van der Waals surface area contributed by atoms with Crippen molar-refractivity contribution in [3.8, 4) is 11.8 Å². The van der Waals surface area contributed by atoms with Crippen LogP contribution in [-0.4, -0.2) is 17.9 Å². The molecule has 0 bridgehead atoms. The molecule has 0 aliphatic rings. The van der Waals surface area contributed by atoms with Gasteiger partial charge in [-0.05, 0) is 42.8 Å². The van der Waals surface area contributed by atoms with Gasteiger partial charge in [-0.3, -0.25) is 9.59 Å². The molecule has 0 aromatic heterocycles. The third kappa shape index (κ3) is 5.46. The Morgan fingerprint density at radius 1 is 1.00 bits per heavy atom. The summed E-state index contributed by atoms with van der Waals surface area (Å²) in [5.41, 5.74) is 2.28. The highest BCUT2D eigenvalue weighted by Crippen LogP contribution is 2.20. The molecule has 3 rings (SSSR count). The van der Waals surface area contributed by atoms with Crippen molar-refractivity contribution in [1.82, 2.24) is 5.32 Å². The van der Waals surface area contributed by atoms with Gasteiger partial charge in [-0.15, -0.1) is 0 Å². The lowest BCUT2D eigenvalue weighted by atomic mass is 10.1. The topological polar surface area (TPSA) is 91.2 Å². The summed E-state index contributed by atoms with van der Waals surface area (Å²) in [6.45, 7) is 1.99. The van der Waals surface area contributed by atoms with Crippen molar-refractivity contribution in [3.63, 3.8) is 0 Å². The maximum absolute atomic E-state index is 12.6. The zero-order valence-electron chi connectivity index (χ0n) is 16.5. The van der Waals surface area contributed by atoms with Gasteiger partial charge in [0, 0.05) is 12.2 Å². The average Bonchev–Trinajstić information content (AvgIpc) is 2.78. The molecule has 2 N–H and O–H groups in total. The van der Waals surface area contributed by atoms with E-state index in [2.05, 4.69) is 10.6 Å². The van der Waals surface area contributed by atoms with Crippen molar-refractivity contribution in [2.75, 3.05) is 5.32 Å². The lowest BCUT2D eigenvalue weighted by Crippen LogP contribution is -2.31. The lowest BCUT2D eigenvalue weighted by Gasteiger charge is -2.17. The molecule has 0 fully saturated rings. The van der Waals surface area contributed by atoms with Crippen LogP contribution in [0.1, 0.15) is 28.4 Å². The highest BCUT2D eigenvalue weighted by molar-refractivity contribution is 5.97. The summed E-state index contributed by atoms with van der Waals surface area (Å²) in [4.78, 5) is 25.1. The van der Waals surface area contributed by atoms with Crippen molar-refractivity contribution in [2.24, 2.45) is 0 Å². The van der Waals surface area contributed by atoms with Crippen LogP contribution < -0.4 is 15.4 Å². The van der Waals surface area contributed by atoms with E-state index in [1.54, 1.807) is 55.5 Å². The molecule has 0 aliphatic heterocycles. The van der Waals surface area contributed by atoms with Gasteiger partial charge in [0.2, 0.25) is 0 Å². The van der Waals surface area contributed by atoms with Crippen LogP contribution in [0.3, 0.4) is 0 Å². The Balaban J connectivity index is 1.65. The van der Waals surface area contributed by atoms with Crippen molar-refractivity contribution >= 4 is 17.5 Å². The van der Waals surface area contributed by atoms with Gasteiger partial charge < -0.3 is 15.4 Å². The smallest absolute Gasteiger partial charge is 0.265 e. The van der Waals surface area contributed by atoms with Crippen molar-refractivity contribution < 1.29 is 14.3 Å². The minimum absolute atomic E-state index is 0.288. The fourth-order valence-electron chi connectivity index (χ4n) is 2.78. The molecule has 0 saturated carbocycles. The van der Waals surface area contributed by atoms with E-state index in [1.165, 1.54) is 0 Å². The maximum atomic E-state index is 12.6. The van der Waals surface area contributed by atoms with Gasteiger partial charge in [0.15, 0.2) is 6.10 Å². The van der Waals surface area contributed by atoms with Crippen LogP contribution in [-0.2, 0) is 11.3 Å². The van der Waals surface area contributed by atoms with E-state index in [-0.39, 0.29) is 11.8 Å². The zero-order valence-corrected chi connectivity index (χ0v) is 16.5. The second-order valence-corrected chi connectivity index (χ2v) is 6.61. The summed E-state index contributed by atoms with van der Waals surface area (Å²) < 4.78 is 5.77. The van der Waals surface area contributed by atoms with Crippen LogP contribution in [0.25, 0.3) is 0 Å². The van der Waals surface area contributed by atoms with Crippen LogP contribution in [0.15, 0.2) is 78.9 Å². The number of para-hydroxylation sites is 1. The Labute approximate surface area is 175 Å². The normalized spacial score (nSPS) is 11.1. The molecule has 30 heavy (non-hydrogen) atoms. The first kappa shape index (κ1) is 20.6. The van der Waals surface area contributed by atoms with Crippen molar-refractivity contribution in [2.45, 2.75) is 19.6 Å². The number of ether oxygens (including phenoxy) is 1. The molecule has 0 radical (unpaired) electrons. The monoisotopic (exact) mass is 399 g/mol. The molecule has 3 aromatic rings. The van der Waals surface area contributed by atoms with Crippen LogP contribution in [0.5, 0.6) is 5.75 Å². The molecule has 150 valence electrons.